The van der Waals surface area contributed by atoms with Gasteiger partial charge in [-0.3, -0.25) is 10.1 Å². The van der Waals surface area contributed by atoms with E-state index >= 15 is 0 Å². The van der Waals surface area contributed by atoms with Crippen LogP contribution < -0.4 is 10.2 Å². The van der Waals surface area contributed by atoms with E-state index in [1.807, 2.05) is 0 Å². The minimum Gasteiger partial charge on any atom is -0.478 e. The fourth-order valence-corrected chi connectivity index (χ4v) is 3.86. The molecule has 1 amide bonds. The van der Waals surface area contributed by atoms with Crippen LogP contribution in [0.25, 0.3) is 10.2 Å². The highest BCUT2D eigenvalue weighted by Gasteiger charge is 2.16. The van der Waals surface area contributed by atoms with Crippen LogP contribution in [-0.2, 0) is 0 Å². The van der Waals surface area contributed by atoms with Crippen LogP contribution in [0, 0.1) is 0 Å². The van der Waals surface area contributed by atoms with Crippen molar-refractivity contribution in [1.29, 1.82) is 0 Å². The van der Waals surface area contributed by atoms with Gasteiger partial charge in [-0.25, -0.2) is 14.8 Å². The van der Waals surface area contributed by atoms with Crippen molar-refractivity contribution in [1.82, 2.24) is 9.97 Å². The monoisotopic (exact) mass is 368 g/mol. The number of carbonyl (C=O) groups excluding carboxylic acids is 1. The largest absolute Gasteiger partial charge is 0.478 e. The Morgan fingerprint density at radius 2 is 1.92 bits per heavy atom. The molecule has 132 valence electrons. The lowest BCUT2D eigenvalue weighted by Crippen LogP contribution is -2.20. The van der Waals surface area contributed by atoms with Gasteiger partial charge in [0.15, 0.2) is 5.13 Å². The van der Waals surface area contributed by atoms with Gasteiger partial charge < -0.3 is 10.0 Å². The van der Waals surface area contributed by atoms with Crippen molar-refractivity contribution in [3.63, 3.8) is 0 Å². The number of nitrogens with zero attached hydrogens (tertiary/aromatic N) is 3. The SMILES string of the molecule is O=C(O)c1ccc2nc(NC(=O)c3ccnc(N4CCCC4)c3)sc2c1. The molecule has 26 heavy (non-hydrogen) atoms. The zero-order valence-corrected chi connectivity index (χ0v) is 14.6. The Balaban J connectivity index is 1.55. The Labute approximate surface area is 153 Å². The van der Waals surface area contributed by atoms with Gasteiger partial charge >= 0.3 is 5.97 Å². The number of carboxylic acid groups (broad SMARTS) is 1. The molecule has 1 saturated heterocycles. The van der Waals surface area contributed by atoms with Crippen molar-refractivity contribution in [3.8, 4) is 0 Å². The van der Waals surface area contributed by atoms with Crippen LogP contribution in [0.1, 0.15) is 33.6 Å². The standard InChI is InChI=1S/C18H16N4O3S/c23-16(11-5-6-19-15(10-11)22-7-1-2-8-22)21-18-20-13-4-3-12(17(24)25)9-14(13)26-18/h3-6,9-10H,1-2,7-8H2,(H,24,25)(H,20,21,23). The maximum atomic E-state index is 12.5. The topological polar surface area (TPSA) is 95.4 Å². The number of carbonyl (C=O) groups is 2. The summed E-state index contributed by atoms with van der Waals surface area (Å²) in [5, 5.41) is 12.3. The van der Waals surface area contributed by atoms with E-state index in [-0.39, 0.29) is 11.5 Å². The first-order chi connectivity index (χ1) is 12.6. The van der Waals surface area contributed by atoms with Gasteiger partial charge in [0, 0.05) is 24.8 Å². The molecule has 0 bridgehead atoms. The number of anilines is 2. The maximum Gasteiger partial charge on any atom is 0.335 e. The maximum absolute atomic E-state index is 12.5. The molecule has 1 aliphatic heterocycles. The molecular weight excluding hydrogens is 352 g/mol. The number of hydrogen-bond acceptors (Lipinski definition) is 6. The zero-order valence-electron chi connectivity index (χ0n) is 13.8. The number of hydrogen-bond donors (Lipinski definition) is 2. The number of carboxylic acids is 1. The summed E-state index contributed by atoms with van der Waals surface area (Å²) in [6, 6.07) is 8.16. The van der Waals surface area contributed by atoms with Crippen LogP contribution in [-0.4, -0.2) is 40.0 Å². The summed E-state index contributed by atoms with van der Waals surface area (Å²) >= 11 is 1.25. The summed E-state index contributed by atoms with van der Waals surface area (Å²) in [7, 11) is 0. The highest BCUT2D eigenvalue weighted by atomic mass is 32.1. The summed E-state index contributed by atoms with van der Waals surface area (Å²) in [5.41, 5.74) is 1.37. The lowest BCUT2D eigenvalue weighted by Gasteiger charge is -2.16. The van der Waals surface area contributed by atoms with Crippen molar-refractivity contribution in [2.75, 3.05) is 23.3 Å². The smallest absolute Gasteiger partial charge is 0.335 e. The predicted octanol–water partition coefficient (Wildman–Crippen LogP) is 3.24. The second-order valence-electron chi connectivity index (χ2n) is 6.06. The fourth-order valence-electron chi connectivity index (χ4n) is 2.96. The summed E-state index contributed by atoms with van der Waals surface area (Å²) in [6.07, 6.45) is 3.92. The quantitative estimate of drug-likeness (QED) is 0.734. The molecule has 0 radical (unpaired) electrons. The van der Waals surface area contributed by atoms with Crippen molar-refractivity contribution < 1.29 is 14.7 Å². The van der Waals surface area contributed by atoms with Crippen LogP contribution in [0.2, 0.25) is 0 Å². The number of amides is 1. The molecular formula is C18H16N4O3S. The molecule has 0 unspecified atom stereocenters. The molecule has 0 atom stereocenters. The first kappa shape index (κ1) is 16.5. The molecule has 8 heteroatoms. The molecule has 3 heterocycles. The van der Waals surface area contributed by atoms with Gasteiger partial charge in [-0.05, 0) is 43.2 Å². The van der Waals surface area contributed by atoms with Gasteiger partial charge in [0.1, 0.15) is 5.82 Å². The third kappa shape index (κ3) is 3.23. The van der Waals surface area contributed by atoms with Gasteiger partial charge in [0.25, 0.3) is 5.91 Å². The number of pyridine rings is 1. The molecule has 1 fully saturated rings. The molecule has 2 aromatic heterocycles. The Morgan fingerprint density at radius 3 is 2.69 bits per heavy atom. The summed E-state index contributed by atoms with van der Waals surface area (Å²) < 4.78 is 0.715. The van der Waals surface area contributed by atoms with Gasteiger partial charge in [0.2, 0.25) is 0 Å². The lowest BCUT2D eigenvalue weighted by atomic mass is 10.2. The number of aromatic carboxylic acids is 1. The van der Waals surface area contributed by atoms with E-state index in [1.165, 1.54) is 17.4 Å². The highest BCUT2D eigenvalue weighted by Crippen LogP contribution is 2.27. The van der Waals surface area contributed by atoms with Crippen LogP contribution in [0.3, 0.4) is 0 Å². The van der Waals surface area contributed by atoms with E-state index in [0.29, 0.717) is 20.9 Å². The van der Waals surface area contributed by atoms with Gasteiger partial charge in [0.05, 0.1) is 15.8 Å². The second kappa shape index (κ2) is 6.72. The van der Waals surface area contributed by atoms with E-state index in [2.05, 4.69) is 20.2 Å². The minimum atomic E-state index is -0.989. The minimum absolute atomic E-state index is 0.198. The number of thiazole rings is 1. The highest BCUT2D eigenvalue weighted by molar-refractivity contribution is 7.22. The Morgan fingerprint density at radius 1 is 1.12 bits per heavy atom. The van der Waals surface area contributed by atoms with Gasteiger partial charge in [-0.15, -0.1) is 0 Å². The molecule has 3 aromatic rings. The summed E-state index contributed by atoms with van der Waals surface area (Å²) in [4.78, 5) is 34.5. The fraction of sp³-hybridized carbons (Fsp3) is 0.222. The van der Waals surface area contributed by atoms with E-state index in [1.54, 1.807) is 30.5 Å². The molecule has 4 rings (SSSR count). The molecule has 2 N–H and O–H groups in total. The molecule has 1 aromatic carbocycles. The Kier molecular flexibility index (Phi) is 4.26. The number of nitrogens with one attached hydrogen (secondary N) is 1. The zero-order chi connectivity index (χ0) is 18.1. The predicted molar refractivity (Wildman–Crippen MR) is 100 cm³/mol. The van der Waals surface area contributed by atoms with E-state index < -0.39 is 5.97 Å². The first-order valence-corrected chi connectivity index (χ1v) is 9.08. The average Bonchev–Trinajstić information content (AvgIpc) is 3.30. The van der Waals surface area contributed by atoms with Gasteiger partial charge in [-0.1, -0.05) is 11.3 Å². The average molecular weight is 368 g/mol. The molecule has 7 nitrogen and oxygen atoms in total. The number of rotatable bonds is 4. The Hall–Kier alpha value is -3.00. The van der Waals surface area contributed by atoms with Crippen molar-refractivity contribution in [3.05, 3.63) is 47.7 Å². The van der Waals surface area contributed by atoms with Crippen LogP contribution in [0.4, 0.5) is 10.9 Å². The molecule has 1 aliphatic rings. The third-order valence-electron chi connectivity index (χ3n) is 4.29. The van der Waals surface area contributed by atoms with E-state index in [0.717, 1.165) is 31.7 Å². The Bertz CT molecular complexity index is 995. The third-order valence-corrected chi connectivity index (χ3v) is 5.23. The van der Waals surface area contributed by atoms with Crippen molar-refractivity contribution in [2.45, 2.75) is 12.8 Å². The van der Waals surface area contributed by atoms with Crippen molar-refractivity contribution in [2.24, 2.45) is 0 Å². The summed E-state index contributed by atoms with van der Waals surface area (Å²) in [6.45, 7) is 1.92. The normalized spacial score (nSPS) is 13.9. The molecule has 0 aliphatic carbocycles. The summed E-state index contributed by atoms with van der Waals surface area (Å²) in [5.74, 6) is -0.437. The first-order valence-electron chi connectivity index (χ1n) is 8.26. The van der Waals surface area contributed by atoms with E-state index in [4.69, 9.17) is 5.11 Å². The number of fused-ring (bicyclic) bond motifs is 1. The second-order valence-corrected chi connectivity index (χ2v) is 7.09. The van der Waals surface area contributed by atoms with Crippen LogP contribution in [0.15, 0.2) is 36.5 Å². The van der Waals surface area contributed by atoms with Crippen LogP contribution in [0.5, 0.6) is 0 Å². The van der Waals surface area contributed by atoms with Crippen molar-refractivity contribution >= 4 is 44.4 Å². The lowest BCUT2D eigenvalue weighted by molar-refractivity contribution is 0.0697. The van der Waals surface area contributed by atoms with Crippen LogP contribution >= 0.6 is 11.3 Å². The molecule has 0 spiro atoms. The van der Waals surface area contributed by atoms with Gasteiger partial charge in [-0.2, -0.15) is 0 Å². The number of benzene rings is 1. The number of aromatic nitrogens is 2. The van der Waals surface area contributed by atoms with E-state index in [9.17, 15) is 9.59 Å². The molecule has 0 saturated carbocycles.